The number of sulfone groups is 1. The summed E-state index contributed by atoms with van der Waals surface area (Å²) in [6.07, 6.45) is -0.277. The zero-order chi connectivity index (χ0) is 27.8. The summed E-state index contributed by atoms with van der Waals surface area (Å²) in [5.41, 5.74) is 1.21. The van der Waals surface area contributed by atoms with E-state index < -0.39 is 38.5 Å². The minimum Gasteiger partial charge on any atom is -0.449 e. The molecule has 0 N–H and O–H groups in total. The highest BCUT2D eigenvalue weighted by atomic mass is 32.2. The van der Waals surface area contributed by atoms with Crippen LogP contribution in [0, 0.1) is 22.0 Å². The molecule has 3 aromatic carbocycles. The normalized spacial score (nSPS) is 19.9. The van der Waals surface area contributed by atoms with Crippen LogP contribution in [-0.4, -0.2) is 39.3 Å². The van der Waals surface area contributed by atoms with Crippen LogP contribution in [-0.2, 0) is 28.8 Å². The first-order valence-corrected chi connectivity index (χ1v) is 13.8. The van der Waals surface area contributed by atoms with Crippen molar-refractivity contribution in [2.24, 2.45) is 11.8 Å². The van der Waals surface area contributed by atoms with Crippen LogP contribution in [0.4, 0.5) is 5.69 Å². The molecule has 0 aliphatic heterocycles. The number of carbonyl (C=O) groups excluding carboxylic acids is 1. The predicted octanol–water partition coefficient (Wildman–Crippen LogP) is 4.98. The molecule has 0 spiro atoms. The van der Waals surface area contributed by atoms with Gasteiger partial charge >= 0.3 is 5.97 Å². The van der Waals surface area contributed by atoms with E-state index in [4.69, 9.17) is 14.2 Å². The van der Waals surface area contributed by atoms with Crippen LogP contribution in [0.15, 0.2) is 100 Å². The summed E-state index contributed by atoms with van der Waals surface area (Å²) in [5.74, 6) is -2.81. The Hall–Kier alpha value is -3.86. The summed E-state index contributed by atoms with van der Waals surface area (Å²) >= 11 is 0. The average molecular weight is 550 g/mol. The number of benzene rings is 3. The molecule has 0 radical (unpaired) electrons. The Morgan fingerprint density at radius 1 is 0.923 bits per heavy atom. The fourth-order valence-electron chi connectivity index (χ4n) is 5.62. The van der Waals surface area contributed by atoms with Gasteiger partial charge in [0.25, 0.3) is 5.69 Å². The lowest BCUT2D eigenvalue weighted by atomic mass is 9.67. The predicted molar refractivity (Wildman–Crippen MR) is 141 cm³/mol. The Labute approximate surface area is 226 Å². The molecule has 0 bridgehead atoms. The lowest BCUT2D eigenvalue weighted by Crippen LogP contribution is -2.56. The molecule has 1 saturated carbocycles. The van der Waals surface area contributed by atoms with E-state index in [0.717, 1.165) is 23.3 Å². The molecule has 9 nitrogen and oxygen atoms in total. The van der Waals surface area contributed by atoms with Gasteiger partial charge in [0.05, 0.1) is 20.3 Å². The van der Waals surface area contributed by atoms with Crippen molar-refractivity contribution in [1.29, 1.82) is 0 Å². The van der Waals surface area contributed by atoms with Gasteiger partial charge in [0.1, 0.15) is 0 Å². The molecule has 0 aromatic heterocycles. The second kappa shape index (κ2) is 10.4. The first kappa shape index (κ1) is 26.7. The maximum atomic E-state index is 14.0. The maximum Gasteiger partial charge on any atom is 0.336 e. The van der Waals surface area contributed by atoms with E-state index in [1.807, 2.05) is 60.7 Å². The number of nitro groups is 1. The molecule has 2 aliphatic carbocycles. The lowest BCUT2D eigenvalue weighted by Gasteiger charge is -2.50. The highest BCUT2D eigenvalue weighted by Gasteiger charge is 2.63. The van der Waals surface area contributed by atoms with Crippen LogP contribution in [0.3, 0.4) is 0 Å². The molecule has 2 aliphatic rings. The fraction of sp³-hybridized carbons (Fsp3) is 0.276. The van der Waals surface area contributed by atoms with Gasteiger partial charge in [-0.1, -0.05) is 60.7 Å². The van der Waals surface area contributed by atoms with Gasteiger partial charge < -0.3 is 14.2 Å². The quantitative estimate of drug-likeness (QED) is 0.158. The number of rotatable bonds is 9. The van der Waals surface area contributed by atoms with Crippen molar-refractivity contribution in [3.63, 3.8) is 0 Å². The van der Waals surface area contributed by atoms with Crippen molar-refractivity contribution in [3.8, 4) is 0 Å². The topological polar surface area (TPSA) is 122 Å². The minimum atomic E-state index is -4.19. The number of nitrogens with zero attached hydrogens (tertiary/aromatic N) is 1. The molecule has 2 atom stereocenters. The van der Waals surface area contributed by atoms with Crippen LogP contribution in [0.2, 0.25) is 0 Å². The van der Waals surface area contributed by atoms with E-state index >= 15 is 0 Å². The van der Waals surface area contributed by atoms with E-state index in [9.17, 15) is 23.3 Å². The fourth-order valence-corrected chi connectivity index (χ4v) is 7.33. The van der Waals surface area contributed by atoms with Crippen molar-refractivity contribution in [2.45, 2.75) is 29.6 Å². The summed E-state index contributed by atoms with van der Waals surface area (Å²) in [5, 5.41) is 11.1. The van der Waals surface area contributed by atoms with Gasteiger partial charge in [-0.3, -0.25) is 10.1 Å². The summed E-state index contributed by atoms with van der Waals surface area (Å²) in [4.78, 5) is 24.3. The number of hydrogen-bond acceptors (Lipinski definition) is 8. The Balaban J connectivity index is 1.60. The summed E-state index contributed by atoms with van der Waals surface area (Å²) < 4.78 is 45.1. The molecule has 0 amide bonds. The molecule has 0 heterocycles. The van der Waals surface area contributed by atoms with E-state index in [1.54, 1.807) is 0 Å². The smallest absolute Gasteiger partial charge is 0.336 e. The molecule has 39 heavy (non-hydrogen) atoms. The molecule has 2 unspecified atom stereocenters. The number of methoxy groups -OCH3 is 2. The van der Waals surface area contributed by atoms with Gasteiger partial charge in [-0.05, 0) is 35.6 Å². The van der Waals surface area contributed by atoms with E-state index in [0.29, 0.717) is 6.42 Å². The molecule has 10 heteroatoms. The van der Waals surface area contributed by atoms with Crippen molar-refractivity contribution >= 4 is 21.5 Å². The Morgan fingerprint density at radius 2 is 1.46 bits per heavy atom. The molecule has 0 saturated heterocycles. The maximum absolute atomic E-state index is 14.0. The van der Waals surface area contributed by atoms with Gasteiger partial charge in [0, 0.05) is 38.7 Å². The van der Waals surface area contributed by atoms with Gasteiger partial charge in [0.15, 0.2) is 11.9 Å². The number of fused-ring (bicyclic) bond motifs is 1. The molecular formula is C29H27NO8S. The monoisotopic (exact) mass is 549 g/mol. The lowest BCUT2D eigenvalue weighted by molar-refractivity contribution is -0.384. The highest BCUT2D eigenvalue weighted by Crippen LogP contribution is 2.59. The number of allylic oxidation sites excluding steroid dienone is 1. The minimum absolute atomic E-state index is 0.00911. The van der Waals surface area contributed by atoms with Crippen LogP contribution >= 0.6 is 0 Å². The Morgan fingerprint density at radius 3 is 1.95 bits per heavy atom. The highest BCUT2D eigenvalue weighted by molar-refractivity contribution is 7.95. The van der Waals surface area contributed by atoms with Crippen LogP contribution in [0.5, 0.6) is 0 Å². The van der Waals surface area contributed by atoms with Crippen LogP contribution < -0.4 is 0 Å². The number of ether oxygens (including phenoxy) is 3. The van der Waals surface area contributed by atoms with Crippen LogP contribution in [0.1, 0.15) is 30.1 Å². The Kier molecular flexibility index (Phi) is 7.11. The molecular weight excluding hydrogens is 522 g/mol. The van der Waals surface area contributed by atoms with Gasteiger partial charge in [0.2, 0.25) is 9.84 Å². The van der Waals surface area contributed by atoms with Crippen LogP contribution in [0.25, 0.3) is 0 Å². The molecule has 1 fully saturated rings. The standard InChI is InChI=1S/C29H27NO8S/c1-36-29(37-2)18-21-17-24(39(34,35)23-15-13-22(14-16-23)30(32)33)25(26(21)29)28(31)38-27(19-9-5-3-6-10-19)20-11-7-4-8-12-20/h3-16,21,26-27H,17-18H2,1-2H3. The van der Waals surface area contributed by atoms with Crippen molar-refractivity contribution in [1.82, 2.24) is 0 Å². The third kappa shape index (κ3) is 4.64. The third-order valence-electron chi connectivity index (χ3n) is 7.57. The Bertz CT molecular complexity index is 1470. The average Bonchev–Trinajstić information content (AvgIpc) is 3.28. The van der Waals surface area contributed by atoms with Crippen molar-refractivity contribution in [2.75, 3.05) is 14.2 Å². The zero-order valence-electron chi connectivity index (χ0n) is 21.4. The van der Waals surface area contributed by atoms with E-state index in [-0.39, 0.29) is 33.4 Å². The summed E-state index contributed by atoms with van der Waals surface area (Å²) in [7, 11) is -1.27. The van der Waals surface area contributed by atoms with Crippen molar-refractivity contribution < 1.29 is 32.3 Å². The van der Waals surface area contributed by atoms with Gasteiger partial charge in [-0.25, -0.2) is 13.2 Å². The van der Waals surface area contributed by atoms with Gasteiger partial charge in [-0.15, -0.1) is 0 Å². The summed E-state index contributed by atoms with van der Waals surface area (Å²) in [6, 6.07) is 23.0. The number of carbonyl (C=O) groups is 1. The zero-order valence-corrected chi connectivity index (χ0v) is 22.2. The third-order valence-corrected chi connectivity index (χ3v) is 9.50. The van der Waals surface area contributed by atoms with E-state index in [2.05, 4.69) is 0 Å². The molecule has 3 aromatic rings. The summed E-state index contributed by atoms with van der Waals surface area (Å²) in [6.45, 7) is 0. The number of nitro benzene ring substituents is 1. The first-order valence-electron chi connectivity index (χ1n) is 12.4. The second-order valence-electron chi connectivity index (χ2n) is 9.56. The molecule has 202 valence electrons. The number of non-ortho nitro benzene ring substituents is 1. The van der Waals surface area contributed by atoms with Crippen molar-refractivity contribution in [3.05, 3.63) is 117 Å². The second-order valence-corrected chi connectivity index (χ2v) is 11.5. The number of esters is 1. The first-order chi connectivity index (χ1) is 18.7. The van der Waals surface area contributed by atoms with Gasteiger partial charge in [-0.2, -0.15) is 0 Å². The SMILES string of the molecule is COC1(OC)CC2CC(S(=O)(=O)c3ccc([N+](=O)[O-])cc3)=C(C(=O)OC(c3ccccc3)c3ccccc3)C21. The largest absolute Gasteiger partial charge is 0.449 e. The number of hydrogen-bond donors (Lipinski definition) is 0. The molecule has 5 rings (SSSR count). The van der Waals surface area contributed by atoms with E-state index in [1.165, 1.54) is 26.4 Å².